The van der Waals surface area contributed by atoms with Gasteiger partial charge in [-0.25, -0.2) is 0 Å². The van der Waals surface area contributed by atoms with Crippen molar-refractivity contribution < 1.29 is 4.79 Å². The number of aromatic amines is 1. The maximum Gasteiger partial charge on any atom is 0.262 e. The maximum atomic E-state index is 11.4. The fourth-order valence-electron chi connectivity index (χ4n) is 0.859. The Morgan fingerprint density at radius 3 is 2.93 bits per heavy atom. The Labute approximate surface area is 94.6 Å². The third-order valence-corrected chi connectivity index (χ3v) is 2.33. The van der Waals surface area contributed by atoms with Crippen molar-refractivity contribution in [3.8, 4) is 0 Å². The van der Waals surface area contributed by atoms with Gasteiger partial charge in [0.25, 0.3) is 11.5 Å². The highest BCUT2D eigenvalue weighted by Gasteiger charge is 2.06. The van der Waals surface area contributed by atoms with Crippen LogP contribution in [-0.4, -0.2) is 23.2 Å². The summed E-state index contributed by atoms with van der Waals surface area (Å²) < 4.78 is 0.344. The zero-order valence-electron chi connectivity index (χ0n) is 7.21. The molecule has 14 heavy (non-hydrogen) atoms. The van der Waals surface area contributed by atoms with Crippen LogP contribution in [-0.2, 0) is 0 Å². The van der Waals surface area contributed by atoms with Crippen LogP contribution in [0.15, 0.2) is 21.5 Å². The van der Waals surface area contributed by atoms with Gasteiger partial charge in [0.2, 0.25) is 0 Å². The molecule has 1 aromatic rings. The molecule has 0 aliphatic heterocycles. The number of H-pyrrole nitrogens is 1. The average molecular weight is 277 g/mol. The molecule has 4 nitrogen and oxygen atoms in total. The van der Waals surface area contributed by atoms with Crippen molar-refractivity contribution in [2.75, 3.05) is 12.3 Å². The topological polar surface area (TPSA) is 62.0 Å². The Morgan fingerprint density at radius 2 is 2.36 bits per heavy atom. The molecule has 6 heteroatoms. The lowest BCUT2D eigenvalue weighted by molar-refractivity contribution is 0.0955. The summed E-state index contributed by atoms with van der Waals surface area (Å²) in [4.78, 5) is 24.8. The molecule has 76 valence electrons. The van der Waals surface area contributed by atoms with Gasteiger partial charge >= 0.3 is 0 Å². The van der Waals surface area contributed by atoms with Gasteiger partial charge in [0.05, 0.1) is 10.0 Å². The highest BCUT2D eigenvalue weighted by atomic mass is 79.9. The van der Waals surface area contributed by atoms with Crippen LogP contribution in [0.3, 0.4) is 0 Å². The van der Waals surface area contributed by atoms with Gasteiger partial charge in [0.1, 0.15) is 0 Å². The van der Waals surface area contributed by atoms with Gasteiger partial charge in [-0.2, -0.15) is 12.6 Å². The Kier molecular flexibility index (Phi) is 4.21. The van der Waals surface area contributed by atoms with Gasteiger partial charge in [-0.3, -0.25) is 9.59 Å². The molecule has 1 rings (SSSR count). The molecule has 0 radical (unpaired) electrons. The molecular formula is C8H9BrN2O2S. The molecule has 1 aromatic heterocycles. The van der Waals surface area contributed by atoms with E-state index in [2.05, 4.69) is 38.9 Å². The number of halogens is 1. The Hall–Kier alpha value is -0.750. The molecule has 1 amide bonds. The molecule has 1 heterocycles. The number of carbonyl (C=O) groups excluding carboxylic acids is 1. The summed E-state index contributed by atoms with van der Waals surface area (Å²) >= 11 is 7.01. The van der Waals surface area contributed by atoms with Crippen LogP contribution in [0.5, 0.6) is 0 Å². The highest BCUT2D eigenvalue weighted by Crippen LogP contribution is 2.04. The number of hydrogen-bond donors (Lipinski definition) is 3. The summed E-state index contributed by atoms with van der Waals surface area (Å²) in [6.45, 7) is 0.499. The Balaban J connectivity index is 2.81. The third kappa shape index (κ3) is 2.88. The minimum atomic E-state index is -0.254. The SMILES string of the molecule is O=C(NCCS)c1c[nH]c(=O)c(Br)c1. The minimum Gasteiger partial charge on any atom is -0.351 e. The molecule has 2 N–H and O–H groups in total. The van der Waals surface area contributed by atoms with Crippen LogP contribution in [0, 0.1) is 0 Å². The molecule has 0 aliphatic rings. The lowest BCUT2D eigenvalue weighted by Gasteiger charge is -2.02. The second-order valence-corrected chi connectivity index (χ2v) is 3.85. The van der Waals surface area contributed by atoms with Crippen molar-refractivity contribution >= 4 is 34.5 Å². The number of carbonyl (C=O) groups is 1. The molecule has 0 atom stereocenters. The van der Waals surface area contributed by atoms with E-state index in [4.69, 9.17) is 0 Å². The Morgan fingerprint density at radius 1 is 1.64 bits per heavy atom. The van der Waals surface area contributed by atoms with E-state index in [1.165, 1.54) is 12.3 Å². The molecular weight excluding hydrogens is 268 g/mol. The molecule has 0 bridgehead atoms. The van der Waals surface area contributed by atoms with E-state index in [1.54, 1.807) is 0 Å². The second kappa shape index (κ2) is 5.21. The second-order valence-electron chi connectivity index (χ2n) is 2.54. The molecule has 0 aromatic carbocycles. The normalized spacial score (nSPS) is 9.86. The van der Waals surface area contributed by atoms with Crippen molar-refractivity contribution in [2.45, 2.75) is 0 Å². The van der Waals surface area contributed by atoms with Gasteiger partial charge < -0.3 is 10.3 Å². The van der Waals surface area contributed by atoms with Crippen molar-refractivity contribution in [2.24, 2.45) is 0 Å². The first-order valence-electron chi connectivity index (χ1n) is 3.92. The monoisotopic (exact) mass is 276 g/mol. The first-order chi connectivity index (χ1) is 6.65. The Bertz CT molecular complexity index is 391. The van der Waals surface area contributed by atoms with Crippen LogP contribution in [0.25, 0.3) is 0 Å². The van der Waals surface area contributed by atoms with Crippen molar-refractivity contribution in [3.63, 3.8) is 0 Å². The van der Waals surface area contributed by atoms with Crippen LogP contribution in [0.1, 0.15) is 10.4 Å². The number of amides is 1. The van der Waals surface area contributed by atoms with Crippen LogP contribution >= 0.6 is 28.6 Å². The quantitative estimate of drug-likeness (QED) is 0.716. The number of thiol groups is 1. The lowest BCUT2D eigenvalue weighted by Crippen LogP contribution is -2.26. The van der Waals surface area contributed by atoms with Gasteiger partial charge in [-0.05, 0) is 22.0 Å². The van der Waals surface area contributed by atoms with Crippen LogP contribution < -0.4 is 10.9 Å². The number of aromatic nitrogens is 1. The molecule has 0 unspecified atom stereocenters. The maximum absolute atomic E-state index is 11.4. The predicted octanol–water partition coefficient (Wildman–Crippen LogP) is 0.797. The standard InChI is InChI=1S/C8H9BrN2O2S/c9-6-3-5(4-11-8(6)13)7(12)10-1-2-14/h3-4,14H,1-2H2,(H,10,12)(H,11,13). The minimum absolute atomic E-state index is 0.226. The highest BCUT2D eigenvalue weighted by molar-refractivity contribution is 9.10. The first-order valence-corrected chi connectivity index (χ1v) is 5.35. The molecule has 0 aliphatic carbocycles. The van der Waals surface area contributed by atoms with Crippen molar-refractivity contribution in [1.82, 2.24) is 10.3 Å². The summed E-state index contributed by atoms with van der Waals surface area (Å²) in [7, 11) is 0. The number of nitrogens with one attached hydrogen (secondary N) is 2. The van der Waals surface area contributed by atoms with E-state index in [0.717, 1.165) is 0 Å². The average Bonchev–Trinajstić information content (AvgIpc) is 2.18. The largest absolute Gasteiger partial charge is 0.351 e. The molecule has 0 saturated heterocycles. The van der Waals surface area contributed by atoms with Gasteiger partial charge in [-0.15, -0.1) is 0 Å². The number of pyridine rings is 1. The van der Waals surface area contributed by atoms with Crippen molar-refractivity contribution in [1.29, 1.82) is 0 Å². The zero-order chi connectivity index (χ0) is 10.6. The van der Waals surface area contributed by atoms with E-state index in [0.29, 0.717) is 22.3 Å². The fourth-order valence-corrected chi connectivity index (χ4v) is 1.33. The first kappa shape index (κ1) is 11.3. The lowest BCUT2D eigenvalue weighted by atomic mass is 10.3. The zero-order valence-corrected chi connectivity index (χ0v) is 9.69. The summed E-state index contributed by atoms with van der Waals surface area (Å²) in [6.07, 6.45) is 1.38. The van der Waals surface area contributed by atoms with E-state index >= 15 is 0 Å². The third-order valence-electron chi connectivity index (χ3n) is 1.52. The number of hydrogen-bond acceptors (Lipinski definition) is 3. The molecule has 0 fully saturated rings. The summed E-state index contributed by atoms with van der Waals surface area (Å²) in [5.74, 6) is 0.354. The van der Waals surface area contributed by atoms with Crippen LogP contribution in [0.2, 0.25) is 0 Å². The summed E-state index contributed by atoms with van der Waals surface area (Å²) in [5, 5.41) is 2.64. The smallest absolute Gasteiger partial charge is 0.262 e. The van der Waals surface area contributed by atoms with Gasteiger partial charge in [0, 0.05) is 18.5 Å². The van der Waals surface area contributed by atoms with E-state index in [9.17, 15) is 9.59 Å². The molecule has 0 spiro atoms. The van der Waals surface area contributed by atoms with E-state index in [-0.39, 0.29) is 11.5 Å². The molecule has 0 saturated carbocycles. The summed E-state index contributed by atoms with van der Waals surface area (Å²) in [6, 6.07) is 1.48. The van der Waals surface area contributed by atoms with E-state index in [1.807, 2.05) is 0 Å². The fraction of sp³-hybridized carbons (Fsp3) is 0.250. The van der Waals surface area contributed by atoms with Gasteiger partial charge in [-0.1, -0.05) is 0 Å². The predicted molar refractivity (Wildman–Crippen MR) is 60.9 cm³/mol. The van der Waals surface area contributed by atoms with Crippen LogP contribution in [0.4, 0.5) is 0 Å². The summed E-state index contributed by atoms with van der Waals surface area (Å²) in [5.41, 5.74) is 0.161. The number of rotatable bonds is 3. The van der Waals surface area contributed by atoms with Crippen molar-refractivity contribution in [3.05, 3.63) is 32.7 Å². The van der Waals surface area contributed by atoms with Gasteiger partial charge in [0.15, 0.2) is 0 Å². The van der Waals surface area contributed by atoms with E-state index < -0.39 is 0 Å².